The highest BCUT2D eigenvalue weighted by Gasteiger charge is 2.23. The molecule has 0 saturated carbocycles. The summed E-state index contributed by atoms with van der Waals surface area (Å²) in [6.07, 6.45) is 3.05. The topological polar surface area (TPSA) is 66.7 Å². The zero-order valence-corrected chi connectivity index (χ0v) is 9.17. The van der Waals surface area contributed by atoms with Crippen LogP contribution in [0.4, 0.5) is 8.78 Å². The van der Waals surface area contributed by atoms with Gasteiger partial charge < -0.3 is 4.98 Å². The van der Waals surface area contributed by atoms with E-state index in [2.05, 4.69) is 15.4 Å². The van der Waals surface area contributed by atoms with Gasteiger partial charge in [-0.25, -0.2) is 19.2 Å². The van der Waals surface area contributed by atoms with E-state index in [0.717, 1.165) is 0 Å². The highest BCUT2D eigenvalue weighted by molar-refractivity contribution is 5.32. The molecule has 1 aromatic heterocycles. The van der Waals surface area contributed by atoms with Gasteiger partial charge in [0.2, 0.25) is 0 Å². The van der Waals surface area contributed by atoms with E-state index in [1.807, 2.05) is 0 Å². The summed E-state index contributed by atoms with van der Waals surface area (Å²) in [5.41, 5.74) is 2.57. The molecule has 1 unspecified atom stereocenters. The summed E-state index contributed by atoms with van der Waals surface area (Å²) in [6, 6.07) is 1.75. The van der Waals surface area contributed by atoms with E-state index in [1.54, 1.807) is 13.1 Å². The van der Waals surface area contributed by atoms with Crippen LogP contribution in [-0.4, -0.2) is 9.97 Å². The van der Waals surface area contributed by atoms with Gasteiger partial charge >= 0.3 is 0 Å². The number of aromatic amines is 1. The Kier molecular flexibility index (Phi) is 3.16. The molecule has 0 aliphatic carbocycles. The third-order valence-corrected chi connectivity index (χ3v) is 2.57. The van der Waals surface area contributed by atoms with Gasteiger partial charge in [0.05, 0.1) is 0 Å². The molecule has 1 aromatic carbocycles. The average Bonchev–Trinajstić information content (AvgIpc) is 2.83. The van der Waals surface area contributed by atoms with Crippen molar-refractivity contribution in [3.63, 3.8) is 0 Å². The molecule has 4 nitrogen and oxygen atoms in total. The lowest BCUT2D eigenvalue weighted by atomic mass is 10.0. The van der Waals surface area contributed by atoms with E-state index < -0.39 is 17.7 Å². The number of hydrogen-bond donors (Lipinski definition) is 3. The molecule has 0 aliphatic heterocycles. The first-order valence-corrected chi connectivity index (χ1v) is 5.05. The van der Waals surface area contributed by atoms with Gasteiger partial charge in [0.15, 0.2) is 0 Å². The van der Waals surface area contributed by atoms with E-state index in [-0.39, 0.29) is 5.56 Å². The van der Waals surface area contributed by atoms with Crippen LogP contribution in [-0.2, 0) is 0 Å². The monoisotopic (exact) mass is 238 g/mol. The fourth-order valence-corrected chi connectivity index (χ4v) is 1.68. The Morgan fingerprint density at radius 1 is 1.41 bits per heavy atom. The van der Waals surface area contributed by atoms with Crippen LogP contribution >= 0.6 is 0 Å². The SMILES string of the molecule is Cc1ccc(F)c(C(NN)c2ncc[nH]2)c1F. The number of aryl methyl sites for hydroxylation is 1. The molecule has 4 N–H and O–H groups in total. The number of hydrazine groups is 1. The van der Waals surface area contributed by atoms with Gasteiger partial charge in [0, 0.05) is 18.0 Å². The molecule has 0 saturated heterocycles. The van der Waals surface area contributed by atoms with E-state index in [9.17, 15) is 8.78 Å². The summed E-state index contributed by atoms with van der Waals surface area (Å²) in [5.74, 6) is 4.42. The molecule has 0 aliphatic rings. The van der Waals surface area contributed by atoms with Crippen LogP contribution in [0.25, 0.3) is 0 Å². The number of nitrogens with zero attached hydrogens (tertiary/aromatic N) is 1. The zero-order valence-electron chi connectivity index (χ0n) is 9.17. The van der Waals surface area contributed by atoms with Crippen LogP contribution in [0.1, 0.15) is 23.0 Å². The first-order chi connectivity index (χ1) is 8.15. The quantitative estimate of drug-likeness (QED) is 0.561. The van der Waals surface area contributed by atoms with Gasteiger partial charge in [-0.1, -0.05) is 6.07 Å². The maximum Gasteiger partial charge on any atom is 0.134 e. The molecule has 17 heavy (non-hydrogen) atoms. The summed E-state index contributed by atoms with van der Waals surface area (Å²) in [5, 5.41) is 0. The number of nitrogens with one attached hydrogen (secondary N) is 2. The summed E-state index contributed by atoms with van der Waals surface area (Å²) in [4.78, 5) is 6.72. The Morgan fingerprint density at radius 2 is 2.18 bits per heavy atom. The van der Waals surface area contributed by atoms with Gasteiger partial charge in [0.25, 0.3) is 0 Å². The minimum Gasteiger partial charge on any atom is -0.347 e. The Labute approximate surface area is 96.8 Å². The molecule has 0 radical (unpaired) electrons. The lowest BCUT2D eigenvalue weighted by Gasteiger charge is -2.16. The molecule has 2 aromatic rings. The van der Waals surface area contributed by atoms with Crippen LogP contribution in [0.5, 0.6) is 0 Å². The number of nitrogens with two attached hydrogens (primary N) is 1. The van der Waals surface area contributed by atoms with Gasteiger partial charge in [0.1, 0.15) is 23.5 Å². The number of halogens is 2. The highest BCUT2D eigenvalue weighted by atomic mass is 19.1. The average molecular weight is 238 g/mol. The predicted molar refractivity (Wildman–Crippen MR) is 58.8 cm³/mol. The van der Waals surface area contributed by atoms with Crippen molar-refractivity contribution in [1.29, 1.82) is 0 Å². The van der Waals surface area contributed by atoms with Crippen molar-refractivity contribution >= 4 is 0 Å². The molecule has 0 bridgehead atoms. The summed E-state index contributed by atoms with van der Waals surface area (Å²) < 4.78 is 27.6. The molecule has 1 heterocycles. The van der Waals surface area contributed by atoms with Crippen molar-refractivity contribution in [1.82, 2.24) is 15.4 Å². The van der Waals surface area contributed by atoms with Crippen LogP contribution in [0.3, 0.4) is 0 Å². The number of H-pyrrole nitrogens is 1. The molecule has 0 amide bonds. The maximum absolute atomic E-state index is 13.9. The van der Waals surface area contributed by atoms with Crippen LogP contribution in [0.15, 0.2) is 24.5 Å². The van der Waals surface area contributed by atoms with Gasteiger partial charge in [-0.2, -0.15) is 0 Å². The Morgan fingerprint density at radius 3 is 2.76 bits per heavy atom. The van der Waals surface area contributed by atoms with E-state index in [0.29, 0.717) is 11.4 Å². The van der Waals surface area contributed by atoms with E-state index in [4.69, 9.17) is 5.84 Å². The lowest BCUT2D eigenvalue weighted by Crippen LogP contribution is -2.31. The molecule has 1 atom stereocenters. The van der Waals surface area contributed by atoms with Crippen molar-refractivity contribution in [2.45, 2.75) is 13.0 Å². The third-order valence-electron chi connectivity index (χ3n) is 2.57. The number of aromatic nitrogens is 2. The van der Waals surface area contributed by atoms with Crippen molar-refractivity contribution in [3.05, 3.63) is 53.1 Å². The second kappa shape index (κ2) is 4.60. The molecule has 90 valence electrons. The fourth-order valence-electron chi connectivity index (χ4n) is 1.68. The Balaban J connectivity index is 2.55. The number of imidazole rings is 1. The van der Waals surface area contributed by atoms with E-state index in [1.165, 1.54) is 18.3 Å². The summed E-state index contributed by atoms with van der Waals surface area (Å²) in [6.45, 7) is 1.56. The number of hydrogen-bond acceptors (Lipinski definition) is 3. The van der Waals surface area contributed by atoms with Crippen LogP contribution in [0.2, 0.25) is 0 Å². The highest BCUT2D eigenvalue weighted by Crippen LogP contribution is 2.26. The fraction of sp³-hybridized carbons (Fsp3) is 0.182. The summed E-state index contributed by atoms with van der Waals surface area (Å²) in [7, 11) is 0. The second-order valence-corrected chi connectivity index (χ2v) is 3.67. The van der Waals surface area contributed by atoms with Gasteiger partial charge in [-0.15, -0.1) is 0 Å². The minimum atomic E-state index is -0.843. The number of benzene rings is 1. The molecule has 6 heteroatoms. The largest absolute Gasteiger partial charge is 0.347 e. The van der Waals surface area contributed by atoms with Crippen molar-refractivity contribution in [3.8, 4) is 0 Å². The predicted octanol–water partition coefficient (Wildman–Crippen LogP) is 1.55. The Bertz CT molecular complexity index is 510. The van der Waals surface area contributed by atoms with Crippen LogP contribution in [0, 0.1) is 18.6 Å². The molecule has 0 fully saturated rings. The first-order valence-electron chi connectivity index (χ1n) is 5.05. The molecular weight excluding hydrogens is 226 g/mol. The van der Waals surface area contributed by atoms with Gasteiger partial charge in [-0.05, 0) is 18.6 Å². The standard InChI is InChI=1S/C11H12F2N4/c1-6-2-3-7(12)8(9(6)13)10(17-14)11-15-4-5-16-11/h2-5,10,17H,14H2,1H3,(H,15,16). The third kappa shape index (κ3) is 2.04. The van der Waals surface area contributed by atoms with Crippen LogP contribution < -0.4 is 11.3 Å². The zero-order chi connectivity index (χ0) is 12.4. The van der Waals surface area contributed by atoms with Gasteiger partial charge in [-0.3, -0.25) is 5.84 Å². The smallest absolute Gasteiger partial charge is 0.134 e. The van der Waals surface area contributed by atoms with Crippen molar-refractivity contribution in [2.75, 3.05) is 0 Å². The first kappa shape index (κ1) is 11.7. The van der Waals surface area contributed by atoms with Crippen molar-refractivity contribution in [2.24, 2.45) is 5.84 Å². The number of rotatable bonds is 3. The molecule has 0 spiro atoms. The maximum atomic E-state index is 13.9. The lowest BCUT2D eigenvalue weighted by molar-refractivity contribution is 0.497. The summed E-state index contributed by atoms with van der Waals surface area (Å²) >= 11 is 0. The van der Waals surface area contributed by atoms with E-state index >= 15 is 0 Å². The second-order valence-electron chi connectivity index (χ2n) is 3.67. The Hall–Kier alpha value is -1.79. The minimum absolute atomic E-state index is 0.137. The molecule has 2 rings (SSSR count). The van der Waals surface area contributed by atoms with Crippen molar-refractivity contribution < 1.29 is 8.78 Å². The molecular formula is C11H12F2N4. The normalized spacial score (nSPS) is 12.7.